The van der Waals surface area contributed by atoms with E-state index in [1.54, 1.807) is 0 Å². The molecule has 14 rings (SSSR count). The highest BCUT2D eigenvalue weighted by molar-refractivity contribution is 5.70. The Labute approximate surface area is 447 Å². The second kappa shape index (κ2) is 19.8. The molecular formula is C58H85NO17. The highest BCUT2D eigenvalue weighted by atomic mass is 16.8. The number of carbonyl (C=O) groups is 1. The third kappa shape index (κ3) is 9.26. The molecule has 3 spiro atoms. The predicted octanol–water partition coefficient (Wildman–Crippen LogP) is 5.12. The van der Waals surface area contributed by atoms with E-state index < -0.39 is 66.2 Å². The van der Waals surface area contributed by atoms with Gasteiger partial charge in [-0.2, -0.15) is 0 Å². The summed E-state index contributed by atoms with van der Waals surface area (Å²) in [5.41, 5.74) is 8.08. The van der Waals surface area contributed by atoms with Gasteiger partial charge in [0.05, 0.1) is 129 Å². The van der Waals surface area contributed by atoms with Crippen LogP contribution in [0.15, 0.2) is 24.3 Å². The molecule has 14 fully saturated rings. The van der Waals surface area contributed by atoms with Crippen molar-refractivity contribution < 1.29 is 81.3 Å². The highest BCUT2D eigenvalue weighted by Crippen LogP contribution is 2.56. The van der Waals surface area contributed by atoms with E-state index in [9.17, 15) is 15.0 Å². The topological polar surface area (TPSA) is 213 Å². The lowest BCUT2D eigenvalue weighted by Gasteiger charge is -2.54. The normalized spacial score (nSPS) is 57.9. The van der Waals surface area contributed by atoms with Gasteiger partial charge in [0.25, 0.3) is 0 Å². The van der Waals surface area contributed by atoms with Gasteiger partial charge in [0, 0.05) is 76.7 Å². The Morgan fingerprint density at radius 3 is 2.00 bits per heavy atom. The van der Waals surface area contributed by atoms with Crippen molar-refractivity contribution in [3.63, 3.8) is 0 Å². The van der Waals surface area contributed by atoms with Crippen LogP contribution >= 0.6 is 0 Å². The van der Waals surface area contributed by atoms with E-state index in [2.05, 4.69) is 40.9 Å². The van der Waals surface area contributed by atoms with Crippen molar-refractivity contribution in [1.29, 1.82) is 0 Å². The molecule has 0 saturated carbocycles. The molecule has 14 heterocycles. The van der Waals surface area contributed by atoms with Gasteiger partial charge in [-0.15, -0.1) is 0 Å². The van der Waals surface area contributed by atoms with Gasteiger partial charge in [0.1, 0.15) is 18.3 Å². The number of hydrogen-bond acceptors (Lipinski definition) is 18. The van der Waals surface area contributed by atoms with Crippen molar-refractivity contribution in [3.05, 3.63) is 24.3 Å². The monoisotopic (exact) mass is 1070 g/mol. The number of esters is 1. The van der Waals surface area contributed by atoms with E-state index in [1.807, 2.05) is 0 Å². The lowest BCUT2D eigenvalue weighted by Crippen LogP contribution is -2.63. The number of aliphatic hydroxyl groups excluding tert-OH is 2. The molecule has 0 amide bonds. The van der Waals surface area contributed by atoms with Crippen molar-refractivity contribution in [1.82, 2.24) is 0 Å². The number of hydrogen-bond donors (Lipinski definition) is 3. The van der Waals surface area contributed by atoms with Crippen LogP contribution in [0.5, 0.6) is 0 Å². The Hall–Kier alpha value is -1.69. The molecule has 4 N–H and O–H groups in total. The fourth-order valence-corrected chi connectivity index (χ4v) is 17.4. The first-order chi connectivity index (χ1) is 36.5. The molecule has 0 aliphatic carbocycles. The zero-order valence-electron chi connectivity index (χ0n) is 45.0. The molecule has 14 aliphatic heterocycles. The van der Waals surface area contributed by atoms with Crippen LogP contribution in [-0.2, 0) is 71.1 Å². The largest absolute Gasteiger partial charge is 0.459 e. The molecule has 0 aromatic heterocycles. The minimum absolute atomic E-state index is 0.0271. The summed E-state index contributed by atoms with van der Waals surface area (Å²) in [5.74, 6) is -2.79. The molecule has 18 nitrogen and oxygen atoms in total. The van der Waals surface area contributed by atoms with Gasteiger partial charge < -0.3 is 82.3 Å². The zero-order valence-corrected chi connectivity index (χ0v) is 45.0. The van der Waals surface area contributed by atoms with Gasteiger partial charge in [-0.3, -0.25) is 4.79 Å². The molecule has 30 atom stereocenters. The van der Waals surface area contributed by atoms with Crippen LogP contribution in [0, 0.1) is 23.7 Å². The van der Waals surface area contributed by atoms with Crippen LogP contribution in [-0.4, -0.2) is 180 Å². The maximum Gasteiger partial charge on any atom is 0.308 e. The lowest BCUT2D eigenvalue weighted by molar-refractivity contribution is -0.370. The molecule has 76 heavy (non-hydrogen) atoms. The van der Waals surface area contributed by atoms with Crippen LogP contribution in [0.2, 0.25) is 0 Å². The van der Waals surface area contributed by atoms with Crippen LogP contribution in [0.3, 0.4) is 0 Å². The summed E-state index contributed by atoms with van der Waals surface area (Å²) in [6.45, 7) is 18.1. The molecule has 424 valence electrons. The average Bonchev–Trinajstić information content (AvgIpc) is 4.24. The summed E-state index contributed by atoms with van der Waals surface area (Å²) >= 11 is 0. The summed E-state index contributed by atoms with van der Waals surface area (Å²) in [5, 5.41) is 22.2. The molecule has 0 aromatic carbocycles. The first-order valence-electron chi connectivity index (χ1n) is 29.8. The second-order valence-corrected chi connectivity index (χ2v) is 26.5. The van der Waals surface area contributed by atoms with Crippen molar-refractivity contribution in [3.8, 4) is 0 Å². The molecule has 18 heteroatoms. The van der Waals surface area contributed by atoms with Gasteiger partial charge in [0.2, 0.25) is 0 Å². The predicted molar refractivity (Wildman–Crippen MR) is 267 cm³/mol. The van der Waals surface area contributed by atoms with Crippen molar-refractivity contribution in [2.24, 2.45) is 29.4 Å². The third-order valence-corrected chi connectivity index (χ3v) is 21.1. The molecular weight excluding hydrogens is 983 g/mol. The fourth-order valence-electron chi connectivity index (χ4n) is 17.4. The fraction of sp³-hybridized carbons (Fsp3) is 0.914. The van der Waals surface area contributed by atoms with Crippen LogP contribution in [0.25, 0.3) is 0 Å². The van der Waals surface area contributed by atoms with Crippen LogP contribution in [0.4, 0.5) is 0 Å². The summed E-state index contributed by atoms with van der Waals surface area (Å²) in [6, 6.07) is 0. The Morgan fingerprint density at radius 1 is 0.500 bits per heavy atom. The average molecular weight is 1070 g/mol. The Balaban J connectivity index is 0.695. The number of carbonyl (C=O) groups excluding carboxylic acids is 1. The van der Waals surface area contributed by atoms with E-state index in [1.165, 1.54) is 0 Å². The zero-order chi connectivity index (χ0) is 52.2. The number of aliphatic hydroxyl groups is 2. The summed E-state index contributed by atoms with van der Waals surface area (Å²) in [7, 11) is 0. The summed E-state index contributed by atoms with van der Waals surface area (Å²) in [4.78, 5) is 14.5. The molecule has 14 aliphatic rings. The molecule has 0 aromatic rings. The standard InChI is InChI=1S/C58H85NO17/c1-26-13-32-7-9-37-27(2)14-34(63-37)11-12-56-22-36(61)54(76-56)43-19-45(72-56)55-38(66-43)10-8-33(65-55)15-49(62)70-53-31(6)52-42(67-41(53)17-39(64-32)30(26)5)18-40-46(68-52)23-58(71-40)24-47-51(75-58)29(4)21-57(74-47)20-28(3)50-44(73-57)16-35(60)48(25-59)69-50/h26,28-29,31-48,50-55,60-61H,2,5,7-25,59H2,1,3-4,6H3/t26-,28+,29+,31+,32+,33-,34+,35-,36-,37+,38+,39-,40-,41+,42+,43-,44+,45?,46-,47+,48-,50+,51+,52+,53-,54?,55+,56-,57-,58+/m1/s1. The molecule has 14 saturated heterocycles. The summed E-state index contributed by atoms with van der Waals surface area (Å²) < 4.78 is 96.1. The quantitative estimate of drug-likeness (QED) is 0.230. The maximum atomic E-state index is 14.5. The molecule has 0 radical (unpaired) electrons. The number of ether oxygens (including phenoxy) is 14. The van der Waals surface area contributed by atoms with Crippen LogP contribution < -0.4 is 5.73 Å². The van der Waals surface area contributed by atoms with E-state index in [0.29, 0.717) is 83.5 Å². The van der Waals surface area contributed by atoms with Gasteiger partial charge in [-0.25, -0.2) is 0 Å². The second-order valence-electron chi connectivity index (χ2n) is 26.5. The van der Waals surface area contributed by atoms with Crippen molar-refractivity contribution >= 4 is 5.97 Å². The minimum atomic E-state index is -0.989. The van der Waals surface area contributed by atoms with Gasteiger partial charge in [-0.1, -0.05) is 40.9 Å². The Bertz CT molecular complexity index is 2220. The maximum absolute atomic E-state index is 14.5. The SMILES string of the molecule is C=C1C[C@@H]2CC[C@]34C[C@@H](O)C(O3)[C@H]3CC(O4)[C@H]4O[C@H](CC[C@@H]4O3)CC(=O)O[C@@H]3[C@@H](C)[C@@H]4O[C@@H]5C[C@]6(C[C@@H]7O[C@]8(C[C@H](C)[C@@H]9O[C@H](CN)[C@H](O)C[C@@H]9O8)C[C@H](C)[C@@H]7O6)O[C@@H]5C[C@@H]4O[C@H]3C[C@H]3O[C@@H](CC[C@@H]1O2)C[C@@H](C)C3=C. The van der Waals surface area contributed by atoms with E-state index in [4.69, 9.17) is 72.0 Å². The first-order valence-corrected chi connectivity index (χ1v) is 29.8. The number of fused-ring (bicyclic) bond motifs is 13. The first kappa shape index (κ1) is 52.4. The molecule has 10 bridgehead atoms. The van der Waals surface area contributed by atoms with Gasteiger partial charge >= 0.3 is 5.97 Å². The summed E-state index contributed by atoms with van der Waals surface area (Å²) in [6.07, 6.45) is 3.06. The third-order valence-electron chi connectivity index (χ3n) is 21.1. The Morgan fingerprint density at radius 2 is 1.16 bits per heavy atom. The van der Waals surface area contributed by atoms with Crippen molar-refractivity contribution in [2.75, 3.05) is 6.54 Å². The number of nitrogens with two attached hydrogens (primary N) is 1. The minimum Gasteiger partial charge on any atom is -0.459 e. The van der Waals surface area contributed by atoms with Gasteiger partial charge in [-0.05, 0) is 73.8 Å². The number of rotatable bonds is 1. The Kier molecular flexibility index (Phi) is 13.6. The van der Waals surface area contributed by atoms with Crippen LogP contribution in [0.1, 0.15) is 143 Å². The van der Waals surface area contributed by atoms with Crippen molar-refractivity contribution in [2.45, 2.75) is 301 Å². The lowest BCUT2D eigenvalue weighted by atomic mass is 9.78. The van der Waals surface area contributed by atoms with E-state index in [-0.39, 0.29) is 134 Å². The van der Waals surface area contributed by atoms with Gasteiger partial charge in [0.15, 0.2) is 17.4 Å². The smallest absolute Gasteiger partial charge is 0.308 e. The van der Waals surface area contributed by atoms with E-state index in [0.717, 1.165) is 36.8 Å². The van der Waals surface area contributed by atoms with E-state index >= 15 is 0 Å². The molecule has 2 unspecified atom stereocenters. The highest BCUT2D eigenvalue weighted by Gasteiger charge is 2.66.